The average Bonchev–Trinajstić information content (AvgIpc) is 2.58. The predicted octanol–water partition coefficient (Wildman–Crippen LogP) is 3.27. The number of halogens is 2. The first-order valence-electron chi connectivity index (χ1n) is 7.51. The van der Waals surface area contributed by atoms with Gasteiger partial charge in [-0.05, 0) is 11.6 Å². The lowest BCUT2D eigenvalue weighted by Crippen LogP contribution is -2.41. The van der Waals surface area contributed by atoms with Gasteiger partial charge in [-0.15, -0.1) is 0 Å². The van der Waals surface area contributed by atoms with Crippen LogP contribution in [0.2, 0.25) is 10.2 Å². The van der Waals surface area contributed by atoms with Gasteiger partial charge in [0.1, 0.15) is 11.0 Å². The molecule has 3 rings (SSSR count). The summed E-state index contributed by atoms with van der Waals surface area (Å²) >= 11 is 12.3. The van der Waals surface area contributed by atoms with Crippen LogP contribution in [0, 0.1) is 0 Å². The summed E-state index contributed by atoms with van der Waals surface area (Å²) in [5.41, 5.74) is 1.10. The molecule has 1 N–H and O–H groups in total. The fourth-order valence-electron chi connectivity index (χ4n) is 2.70. The van der Waals surface area contributed by atoms with Crippen molar-refractivity contribution >= 4 is 29.0 Å². The predicted molar refractivity (Wildman–Crippen MR) is 92.1 cm³/mol. The third-order valence-corrected chi connectivity index (χ3v) is 4.36. The summed E-state index contributed by atoms with van der Waals surface area (Å²) in [6.07, 6.45) is 3.18. The number of rotatable bonds is 5. The van der Waals surface area contributed by atoms with Gasteiger partial charge in [-0.1, -0.05) is 41.4 Å². The number of aromatic nitrogens is 2. The molecule has 1 atom stereocenters. The highest BCUT2D eigenvalue weighted by atomic mass is 35.5. The molecule has 1 saturated heterocycles. The summed E-state index contributed by atoms with van der Waals surface area (Å²) in [4.78, 5) is 10.6. The van der Waals surface area contributed by atoms with E-state index in [1.54, 1.807) is 6.20 Å². The molecule has 23 heavy (non-hydrogen) atoms. The van der Waals surface area contributed by atoms with Gasteiger partial charge in [0.15, 0.2) is 0 Å². The van der Waals surface area contributed by atoms with E-state index in [0.717, 1.165) is 36.9 Å². The zero-order valence-corrected chi connectivity index (χ0v) is 14.1. The highest BCUT2D eigenvalue weighted by molar-refractivity contribution is 6.31. The molecule has 0 saturated carbocycles. The van der Waals surface area contributed by atoms with Crippen LogP contribution >= 0.6 is 23.2 Å². The topological polar surface area (TPSA) is 50.3 Å². The largest absolute Gasteiger partial charge is 0.379 e. The first-order valence-corrected chi connectivity index (χ1v) is 8.27. The van der Waals surface area contributed by atoms with Crippen molar-refractivity contribution in [1.82, 2.24) is 14.9 Å². The molecular formula is C16H18Cl2N4O. The summed E-state index contributed by atoms with van der Waals surface area (Å²) in [6.45, 7) is 3.88. The Morgan fingerprint density at radius 2 is 1.96 bits per heavy atom. The van der Waals surface area contributed by atoms with E-state index in [9.17, 15) is 0 Å². The molecule has 2 heterocycles. The molecule has 7 heteroatoms. The Morgan fingerprint density at radius 1 is 1.17 bits per heavy atom. The number of hydrogen-bond acceptors (Lipinski definition) is 5. The van der Waals surface area contributed by atoms with Crippen molar-refractivity contribution in [3.8, 4) is 0 Å². The number of anilines is 1. The van der Waals surface area contributed by atoms with Crippen molar-refractivity contribution in [2.24, 2.45) is 0 Å². The van der Waals surface area contributed by atoms with E-state index in [1.807, 2.05) is 18.2 Å². The summed E-state index contributed by atoms with van der Waals surface area (Å²) in [5, 5.41) is 4.45. The number of nitrogens with zero attached hydrogens (tertiary/aromatic N) is 3. The van der Waals surface area contributed by atoms with Crippen LogP contribution in [0.15, 0.2) is 36.7 Å². The van der Waals surface area contributed by atoms with Gasteiger partial charge in [-0.2, -0.15) is 0 Å². The van der Waals surface area contributed by atoms with Gasteiger partial charge in [-0.3, -0.25) is 9.88 Å². The van der Waals surface area contributed by atoms with Crippen molar-refractivity contribution in [3.05, 3.63) is 52.4 Å². The number of nitrogens with one attached hydrogen (secondary N) is 1. The third kappa shape index (κ3) is 4.32. The van der Waals surface area contributed by atoms with Crippen LogP contribution in [0.25, 0.3) is 0 Å². The first kappa shape index (κ1) is 16.5. The van der Waals surface area contributed by atoms with Gasteiger partial charge in [0.05, 0.1) is 31.6 Å². The van der Waals surface area contributed by atoms with Crippen LogP contribution in [0.4, 0.5) is 5.82 Å². The number of benzene rings is 1. The SMILES string of the molecule is Clc1cncc(NC[C@@H](c2ccccc2Cl)N2CCOCC2)n1. The van der Waals surface area contributed by atoms with E-state index >= 15 is 0 Å². The Labute approximate surface area is 145 Å². The molecule has 2 aromatic rings. The smallest absolute Gasteiger partial charge is 0.149 e. The minimum absolute atomic E-state index is 0.133. The molecule has 0 spiro atoms. The molecule has 0 bridgehead atoms. The molecular weight excluding hydrogens is 335 g/mol. The van der Waals surface area contributed by atoms with Crippen LogP contribution in [-0.4, -0.2) is 47.7 Å². The fraction of sp³-hybridized carbons (Fsp3) is 0.375. The molecule has 0 unspecified atom stereocenters. The quantitative estimate of drug-likeness (QED) is 0.894. The Bertz CT molecular complexity index is 649. The van der Waals surface area contributed by atoms with Crippen molar-refractivity contribution in [2.45, 2.75) is 6.04 Å². The van der Waals surface area contributed by atoms with E-state index in [1.165, 1.54) is 6.20 Å². The van der Waals surface area contributed by atoms with Crippen molar-refractivity contribution in [3.63, 3.8) is 0 Å². The van der Waals surface area contributed by atoms with Gasteiger partial charge >= 0.3 is 0 Å². The zero-order chi connectivity index (χ0) is 16.1. The Hall–Kier alpha value is -1.40. The molecule has 0 amide bonds. The van der Waals surface area contributed by atoms with Crippen LogP contribution < -0.4 is 5.32 Å². The lowest BCUT2D eigenvalue weighted by molar-refractivity contribution is 0.0187. The minimum atomic E-state index is 0.133. The van der Waals surface area contributed by atoms with Gasteiger partial charge in [0.25, 0.3) is 0 Å². The maximum atomic E-state index is 6.41. The standard InChI is InChI=1S/C16H18Cl2N4O/c17-13-4-2-1-3-12(13)14(22-5-7-23-8-6-22)9-20-16-11-19-10-15(18)21-16/h1-4,10-11,14H,5-9H2,(H,20,21)/t14-/m0/s1. The summed E-state index contributed by atoms with van der Waals surface area (Å²) in [5.74, 6) is 0.655. The number of hydrogen-bond donors (Lipinski definition) is 1. The fourth-order valence-corrected chi connectivity index (χ4v) is 3.11. The lowest BCUT2D eigenvalue weighted by Gasteiger charge is -2.35. The second-order valence-corrected chi connectivity index (χ2v) is 6.09. The van der Waals surface area contributed by atoms with E-state index in [4.69, 9.17) is 27.9 Å². The number of morpholine rings is 1. The van der Waals surface area contributed by atoms with Gasteiger partial charge in [-0.25, -0.2) is 4.98 Å². The summed E-state index contributed by atoms with van der Waals surface area (Å²) in [6, 6.07) is 8.07. The van der Waals surface area contributed by atoms with Crippen LogP contribution in [-0.2, 0) is 4.74 Å². The summed E-state index contributed by atoms with van der Waals surface area (Å²) in [7, 11) is 0. The lowest BCUT2D eigenvalue weighted by atomic mass is 10.0. The van der Waals surface area contributed by atoms with E-state index in [-0.39, 0.29) is 6.04 Å². The average molecular weight is 353 g/mol. The second-order valence-electron chi connectivity index (χ2n) is 5.29. The van der Waals surface area contributed by atoms with Crippen LogP contribution in [0.5, 0.6) is 0 Å². The van der Waals surface area contributed by atoms with Crippen LogP contribution in [0.1, 0.15) is 11.6 Å². The summed E-state index contributed by atoms with van der Waals surface area (Å²) < 4.78 is 5.46. The third-order valence-electron chi connectivity index (χ3n) is 3.83. The Kier molecular flexibility index (Phi) is 5.67. The van der Waals surface area contributed by atoms with Crippen molar-refractivity contribution in [2.75, 3.05) is 38.2 Å². The molecule has 5 nitrogen and oxygen atoms in total. The Morgan fingerprint density at radius 3 is 2.70 bits per heavy atom. The van der Waals surface area contributed by atoms with E-state index < -0.39 is 0 Å². The molecule has 1 aromatic carbocycles. The maximum absolute atomic E-state index is 6.41. The van der Waals surface area contributed by atoms with E-state index in [0.29, 0.717) is 17.5 Å². The highest BCUT2D eigenvalue weighted by Crippen LogP contribution is 2.28. The second kappa shape index (κ2) is 7.93. The minimum Gasteiger partial charge on any atom is -0.379 e. The number of ether oxygens (including phenoxy) is 1. The molecule has 1 aromatic heterocycles. The Balaban J connectivity index is 1.79. The van der Waals surface area contributed by atoms with Gasteiger partial charge in [0, 0.05) is 24.7 Å². The molecule has 1 aliphatic heterocycles. The molecule has 0 radical (unpaired) electrons. The normalized spacial score (nSPS) is 17.0. The molecule has 122 valence electrons. The maximum Gasteiger partial charge on any atom is 0.149 e. The molecule has 1 aliphatic rings. The van der Waals surface area contributed by atoms with Crippen LogP contribution in [0.3, 0.4) is 0 Å². The van der Waals surface area contributed by atoms with Crippen molar-refractivity contribution < 1.29 is 4.74 Å². The monoisotopic (exact) mass is 352 g/mol. The highest BCUT2D eigenvalue weighted by Gasteiger charge is 2.24. The van der Waals surface area contributed by atoms with E-state index in [2.05, 4.69) is 26.3 Å². The first-order chi connectivity index (χ1) is 11.2. The molecule has 1 fully saturated rings. The van der Waals surface area contributed by atoms with Crippen molar-refractivity contribution in [1.29, 1.82) is 0 Å². The zero-order valence-electron chi connectivity index (χ0n) is 12.6. The van der Waals surface area contributed by atoms with Gasteiger partial charge in [0.2, 0.25) is 0 Å². The van der Waals surface area contributed by atoms with Gasteiger partial charge < -0.3 is 10.1 Å². The molecule has 0 aliphatic carbocycles.